The number of hydrazone groups is 1. The first-order valence-electron chi connectivity index (χ1n) is 8.93. The maximum absolute atomic E-state index is 13.0. The van der Waals surface area contributed by atoms with Gasteiger partial charge in [-0.15, -0.1) is 0 Å². The molecule has 0 radical (unpaired) electrons. The molecule has 0 fully saturated rings. The summed E-state index contributed by atoms with van der Waals surface area (Å²) in [6.07, 6.45) is -2.92. The van der Waals surface area contributed by atoms with Crippen molar-refractivity contribution in [1.82, 2.24) is 9.99 Å². The minimum atomic E-state index is -4.41. The Labute approximate surface area is 166 Å². The molecule has 4 nitrogen and oxygen atoms in total. The van der Waals surface area contributed by atoms with E-state index in [0.29, 0.717) is 16.8 Å². The average Bonchev–Trinajstić information content (AvgIpc) is 2.95. The molecule has 1 heterocycles. The molecule has 0 saturated heterocycles. The lowest BCUT2D eigenvalue weighted by molar-refractivity contribution is -0.137. The number of rotatable bonds is 4. The van der Waals surface area contributed by atoms with Crippen LogP contribution in [0.4, 0.5) is 13.2 Å². The number of alkyl halides is 3. The highest BCUT2D eigenvalue weighted by Crippen LogP contribution is 2.31. The Bertz CT molecular complexity index is 1060. The van der Waals surface area contributed by atoms with Crippen LogP contribution in [0, 0.1) is 20.8 Å². The molecule has 7 heteroatoms. The Morgan fingerprint density at radius 3 is 2.38 bits per heavy atom. The largest absolute Gasteiger partial charge is 0.416 e. The van der Waals surface area contributed by atoms with Gasteiger partial charge in [-0.25, -0.2) is 5.43 Å². The number of carbonyl (C=O) groups excluding carboxylic acids is 1. The van der Waals surface area contributed by atoms with E-state index in [2.05, 4.69) is 10.5 Å². The minimum absolute atomic E-state index is 0.340. The Kier molecular flexibility index (Phi) is 5.59. The van der Waals surface area contributed by atoms with Crippen molar-refractivity contribution >= 4 is 12.1 Å². The summed E-state index contributed by atoms with van der Waals surface area (Å²) in [6.45, 7) is 5.52. The summed E-state index contributed by atoms with van der Waals surface area (Å²) in [5.41, 5.74) is 5.88. The fraction of sp³-hybridized carbons (Fsp3) is 0.182. The second-order valence-electron chi connectivity index (χ2n) is 6.78. The van der Waals surface area contributed by atoms with E-state index >= 15 is 0 Å². The lowest BCUT2D eigenvalue weighted by atomic mass is 10.1. The predicted octanol–water partition coefficient (Wildman–Crippen LogP) is 5.19. The zero-order valence-corrected chi connectivity index (χ0v) is 16.2. The number of carbonyl (C=O) groups is 1. The SMILES string of the molecule is Cc1ccc(C(=O)N/N=C/c2cc(C)n(-c3cccc(C(F)(F)F)c3)c2C)cc1. The van der Waals surface area contributed by atoms with Gasteiger partial charge in [0.05, 0.1) is 11.8 Å². The van der Waals surface area contributed by atoms with Gasteiger partial charge >= 0.3 is 6.18 Å². The van der Waals surface area contributed by atoms with E-state index in [1.54, 1.807) is 42.7 Å². The first-order valence-corrected chi connectivity index (χ1v) is 8.93. The average molecular weight is 399 g/mol. The number of aryl methyl sites for hydroxylation is 2. The summed E-state index contributed by atoms with van der Waals surface area (Å²) in [6, 6.07) is 14.0. The molecule has 0 aliphatic heterocycles. The van der Waals surface area contributed by atoms with Gasteiger partial charge in [-0.3, -0.25) is 4.79 Å². The molecular formula is C22H20F3N3O. The molecule has 0 spiro atoms. The third-order valence-electron chi connectivity index (χ3n) is 4.59. The van der Waals surface area contributed by atoms with Crippen molar-refractivity contribution in [2.75, 3.05) is 0 Å². The number of hydrogen-bond donors (Lipinski definition) is 1. The second-order valence-corrected chi connectivity index (χ2v) is 6.78. The van der Waals surface area contributed by atoms with Crippen LogP contribution in [-0.4, -0.2) is 16.7 Å². The molecule has 29 heavy (non-hydrogen) atoms. The zero-order valence-electron chi connectivity index (χ0n) is 16.2. The number of halogens is 3. The molecule has 150 valence electrons. The summed E-state index contributed by atoms with van der Waals surface area (Å²) in [5.74, 6) is -0.340. The summed E-state index contributed by atoms with van der Waals surface area (Å²) < 4.78 is 40.8. The molecule has 2 aromatic carbocycles. The van der Waals surface area contributed by atoms with Gasteiger partial charge in [0, 0.05) is 28.2 Å². The Balaban J connectivity index is 1.82. The lowest BCUT2D eigenvalue weighted by Gasteiger charge is -2.13. The highest BCUT2D eigenvalue weighted by atomic mass is 19.4. The van der Waals surface area contributed by atoms with Crippen molar-refractivity contribution in [3.05, 3.63) is 88.2 Å². The normalized spacial score (nSPS) is 11.8. The van der Waals surface area contributed by atoms with E-state index in [9.17, 15) is 18.0 Å². The lowest BCUT2D eigenvalue weighted by Crippen LogP contribution is -2.17. The fourth-order valence-corrected chi connectivity index (χ4v) is 3.07. The van der Waals surface area contributed by atoms with Gasteiger partial charge in [-0.05, 0) is 57.2 Å². The third kappa shape index (κ3) is 4.56. The van der Waals surface area contributed by atoms with Crippen LogP contribution in [0.25, 0.3) is 5.69 Å². The van der Waals surface area contributed by atoms with Gasteiger partial charge in [-0.2, -0.15) is 18.3 Å². The molecule has 0 unspecified atom stereocenters. The van der Waals surface area contributed by atoms with Crippen LogP contribution in [0.1, 0.15) is 38.4 Å². The molecule has 1 N–H and O–H groups in total. The van der Waals surface area contributed by atoms with E-state index < -0.39 is 11.7 Å². The van der Waals surface area contributed by atoms with Crippen LogP contribution >= 0.6 is 0 Å². The second kappa shape index (κ2) is 7.95. The molecule has 1 amide bonds. The predicted molar refractivity (Wildman–Crippen MR) is 106 cm³/mol. The summed E-state index contributed by atoms with van der Waals surface area (Å²) >= 11 is 0. The zero-order chi connectivity index (χ0) is 21.2. The van der Waals surface area contributed by atoms with Crippen molar-refractivity contribution in [2.45, 2.75) is 26.9 Å². The van der Waals surface area contributed by atoms with Gasteiger partial charge in [-0.1, -0.05) is 23.8 Å². The minimum Gasteiger partial charge on any atom is -0.318 e. The first kappa shape index (κ1) is 20.4. The first-order chi connectivity index (χ1) is 13.7. The van der Waals surface area contributed by atoms with Crippen LogP contribution in [0.15, 0.2) is 59.7 Å². The maximum atomic E-state index is 13.0. The van der Waals surface area contributed by atoms with Crippen LogP contribution in [0.5, 0.6) is 0 Å². The smallest absolute Gasteiger partial charge is 0.318 e. The molecule has 0 atom stereocenters. The van der Waals surface area contributed by atoms with Gasteiger partial charge in [0.15, 0.2) is 0 Å². The number of nitrogens with zero attached hydrogens (tertiary/aromatic N) is 2. The standard InChI is InChI=1S/C22H20F3N3O/c1-14-7-9-17(10-8-14)21(29)27-26-13-18-11-15(2)28(16(18)3)20-6-4-5-19(12-20)22(23,24)25/h4-13H,1-3H3,(H,27,29)/b26-13+. The van der Waals surface area contributed by atoms with Crippen molar-refractivity contribution in [1.29, 1.82) is 0 Å². The highest BCUT2D eigenvalue weighted by molar-refractivity contribution is 5.95. The number of amides is 1. The molecule has 1 aromatic heterocycles. The number of hydrogen-bond acceptors (Lipinski definition) is 2. The van der Waals surface area contributed by atoms with Gasteiger partial charge in [0.1, 0.15) is 0 Å². The maximum Gasteiger partial charge on any atom is 0.416 e. The summed E-state index contributed by atoms with van der Waals surface area (Å²) in [7, 11) is 0. The monoisotopic (exact) mass is 399 g/mol. The van der Waals surface area contributed by atoms with Crippen LogP contribution in [0.2, 0.25) is 0 Å². The number of benzene rings is 2. The Morgan fingerprint density at radius 1 is 1.03 bits per heavy atom. The molecule has 3 rings (SSSR count). The Hall–Kier alpha value is -3.35. The fourth-order valence-electron chi connectivity index (χ4n) is 3.07. The van der Waals surface area contributed by atoms with E-state index in [0.717, 1.165) is 29.1 Å². The van der Waals surface area contributed by atoms with Crippen molar-refractivity contribution < 1.29 is 18.0 Å². The van der Waals surface area contributed by atoms with E-state index in [4.69, 9.17) is 0 Å². The number of nitrogens with one attached hydrogen (secondary N) is 1. The molecular weight excluding hydrogens is 379 g/mol. The van der Waals surface area contributed by atoms with Crippen molar-refractivity contribution in [2.24, 2.45) is 5.10 Å². The third-order valence-corrected chi connectivity index (χ3v) is 4.59. The van der Waals surface area contributed by atoms with Crippen LogP contribution in [0.3, 0.4) is 0 Å². The van der Waals surface area contributed by atoms with E-state index in [1.807, 2.05) is 19.1 Å². The van der Waals surface area contributed by atoms with Crippen LogP contribution in [-0.2, 0) is 6.18 Å². The summed E-state index contributed by atoms with van der Waals surface area (Å²) in [4.78, 5) is 12.1. The number of aromatic nitrogens is 1. The quantitative estimate of drug-likeness (QED) is 0.477. The van der Waals surface area contributed by atoms with Crippen LogP contribution < -0.4 is 5.43 Å². The Morgan fingerprint density at radius 2 is 1.72 bits per heavy atom. The summed E-state index contributed by atoms with van der Waals surface area (Å²) in [5, 5.41) is 3.99. The van der Waals surface area contributed by atoms with Gasteiger partial charge in [0.25, 0.3) is 5.91 Å². The van der Waals surface area contributed by atoms with E-state index in [1.165, 1.54) is 12.3 Å². The molecule has 3 aromatic rings. The molecule has 0 bridgehead atoms. The molecule has 0 aliphatic carbocycles. The topological polar surface area (TPSA) is 46.4 Å². The molecule has 0 saturated carbocycles. The van der Waals surface area contributed by atoms with Crippen molar-refractivity contribution in [3.63, 3.8) is 0 Å². The highest BCUT2D eigenvalue weighted by Gasteiger charge is 2.30. The van der Waals surface area contributed by atoms with Gasteiger partial charge < -0.3 is 4.57 Å². The van der Waals surface area contributed by atoms with E-state index in [-0.39, 0.29) is 5.91 Å². The van der Waals surface area contributed by atoms with Gasteiger partial charge in [0.2, 0.25) is 0 Å². The van der Waals surface area contributed by atoms with Crippen molar-refractivity contribution in [3.8, 4) is 5.69 Å². The molecule has 0 aliphatic rings.